The van der Waals surface area contributed by atoms with E-state index in [0.717, 1.165) is 44.8 Å². The molecule has 2 fully saturated rings. The highest BCUT2D eigenvalue weighted by atomic mass is 16.5. The Labute approximate surface area is 145 Å². The van der Waals surface area contributed by atoms with E-state index in [4.69, 9.17) is 10.00 Å². The quantitative estimate of drug-likeness (QED) is 0.900. The molecule has 1 N–H and O–H groups in total. The Morgan fingerprint density at radius 2 is 2.12 bits per heavy atom. The molecule has 1 aromatic heterocycles. The second-order valence-corrected chi connectivity index (χ2v) is 7.50. The monoisotopic (exact) mass is 328 g/mol. The maximum atomic E-state index is 8.86. The van der Waals surface area contributed by atoms with Gasteiger partial charge in [0.2, 0.25) is 0 Å². The average molecular weight is 328 g/mol. The van der Waals surface area contributed by atoms with Gasteiger partial charge in [0.1, 0.15) is 11.9 Å². The molecule has 5 nitrogen and oxygen atoms in total. The zero-order valence-corrected chi connectivity index (χ0v) is 15.0. The van der Waals surface area contributed by atoms with Gasteiger partial charge in [-0.2, -0.15) is 5.26 Å². The van der Waals surface area contributed by atoms with Crippen LogP contribution in [0.3, 0.4) is 0 Å². The van der Waals surface area contributed by atoms with Crippen molar-refractivity contribution in [1.82, 2.24) is 10.3 Å². The highest BCUT2D eigenvalue weighted by Crippen LogP contribution is 2.43. The Hall–Kier alpha value is -1.64. The summed E-state index contributed by atoms with van der Waals surface area (Å²) >= 11 is 0. The molecule has 5 heteroatoms. The van der Waals surface area contributed by atoms with Gasteiger partial charge in [-0.1, -0.05) is 13.8 Å². The number of aromatic nitrogens is 1. The first-order chi connectivity index (χ1) is 11.5. The largest absolute Gasteiger partial charge is 0.378 e. The van der Waals surface area contributed by atoms with Crippen LogP contribution in [0.1, 0.15) is 45.6 Å². The third kappa shape index (κ3) is 3.40. The number of rotatable bonds is 5. The molecular weight excluding hydrogens is 300 g/mol. The lowest BCUT2D eigenvalue weighted by atomic mass is 9.64. The molecule has 0 bridgehead atoms. The van der Waals surface area contributed by atoms with Crippen LogP contribution in [0, 0.1) is 16.7 Å². The van der Waals surface area contributed by atoms with Gasteiger partial charge in [-0.25, -0.2) is 4.98 Å². The Bertz CT molecular complexity index is 584. The Morgan fingerprint density at radius 1 is 1.38 bits per heavy atom. The third-order valence-corrected chi connectivity index (χ3v) is 5.68. The molecule has 1 saturated heterocycles. The number of nitriles is 1. The van der Waals surface area contributed by atoms with Crippen LogP contribution in [0.15, 0.2) is 18.3 Å². The van der Waals surface area contributed by atoms with Crippen LogP contribution < -0.4 is 10.2 Å². The minimum Gasteiger partial charge on any atom is -0.378 e. The molecule has 2 heterocycles. The number of nitrogens with one attached hydrogen (secondary N) is 1. The molecule has 1 aliphatic heterocycles. The lowest BCUT2D eigenvalue weighted by molar-refractivity contribution is -0.116. The minimum atomic E-state index is 0.224. The number of piperidine rings is 1. The maximum Gasteiger partial charge on any atom is 0.128 e. The minimum absolute atomic E-state index is 0.224. The zero-order chi connectivity index (χ0) is 17.2. The highest BCUT2D eigenvalue weighted by Gasteiger charge is 2.49. The first kappa shape index (κ1) is 17.2. The highest BCUT2D eigenvalue weighted by molar-refractivity contribution is 5.42. The van der Waals surface area contributed by atoms with E-state index in [1.165, 1.54) is 0 Å². The van der Waals surface area contributed by atoms with Crippen molar-refractivity contribution in [1.29, 1.82) is 5.26 Å². The molecule has 0 amide bonds. The number of hydrogen-bond donors (Lipinski definition) is 1. The van der Waals surface area contributed by atoms with Crippen molar-refractivity contribution in [3.05, 3.63) is 23.9 Å². The summed E-state index contributed by atoms with van der Waals surface area (Å²) < 4.78 is 5.83. The van der Waals surface area contributed by atoms with Gasteiger partial charge in [-0.15, -0.1) is 0 Å². The van der Waals surface area contributed by atoms with Gasteiger partial charge in [-0.3, -0.25) is 0 Å². The van der Waals surface area contributed by atoms with Gasteiger partial charge in [0, 0.05) is 43.4 Å². The lowest BCUT2D eigenvalue weighted by Gasteiger charge is -2.53. The molecule has 0 unspecified atom stereocenters. The Balaban J connectivity index is 1.48. The average Bonchev–Trinajstić information content (AvgIpc) is 2.61. The molecule has 1 aliphatic carbocycles. The number of nitrogens with zero attached hydrogens (tertiary/aromatic N) is 3. The summed E-state index contributed by atoms with van der Waals surface area (Å²) in [6.45, 7) is 9.52. The predicted molar refractivity (Wildman–Crippen MR) is 94.9 cm³/mol. The van der Waals surface area contributed by atoms with Crippen LogP contribution in [0.5, 0.6) is 0 Å². The van der Waals surface area contributed by atoms with Crippen molar-refractivity contribution >= 4 is 5.82 Å². The normalized spacial score (nSPS) is 26.7. The summed E-state index contributed by atoms with van der Waals surface area (Å²) in [4.78, 5) is 6.72. The van der Waals surface area contributed by atoms with E-state index in [9.17, 15) is 0 Å². The standard InChI is InChI=1S/C19H28N4O/c1-4-24-17-11-16(19(17,2)3)22-15-7-9-23(10-8-15)18-6-5-14(12-20)13-21-18/h5-6,13,15-17,22H,4,7-11H2,1-3H3/t16-,17-/m1/s1. The summed E-state index contributed by atoms with van der Waals surface area (Å²) in [5.74, 6) is 0.979. The Kier molecular flexibility index (Phi) is 5.07. The molecule has 130 valence electrons. The molecule has 0 aromatic carbocycles. The lowest BCUT2D eigenvalue weighted by Crippen LogP contribution is -2.63. The van der Waals surface area contributed by atoms with E-state index < -0.39 is 0 Å². The fourth-order valence-corrected chi connectivity index (χ4v) is 3.85. The number of hydrogen-bond acceptors (Lipinski definition) is 5. The zero-order valence-electron chi connectivity index (χ0n) is 15.0. The summed E-state index contributed by atoms with van der Waals surface area (Å²) in [6, 6.07) is 7.04. The summed E-state index contributed by atoms with van der Waals surface area (Å²) in [5.41, 5.74) is 0.841. The van der Waals surface area contributed by atoms with E-state index in [2.05, 4.69) is 42.0 Å². The van der Waals surface area contributed by atoms with E-state index in [1.807, 2.05) is 12.1 Å². The van der Waals surface area contributed by atoms with Crippen LogP contribution >= 0.6 is 0 Å². The van der Waals surface area contributed by atoms with Crippen LogP contribution in [0.2, 0.25) is 0 Å². The summed E-state index contributed by atoms with van der Waals surface area (Å²) in [6.07, 6.45) is 5.44. The van der Waals surface area contributed by atoms with E-state index in [0.29, 0.717) is 23.8 Å². The fraction of sp³-hybridized carbons (Fsp3) is 0.684. The van der Waals surface area contributed by atoms with Crippen LogP contribution in [-0.4, -0.2) is 42.9 Å². The van der Waals surface area contributed by atoms with E-state index in [-0.39, 0.29) is 5.41 Å². The van der Waals surface area contributed by atoms with Crippen molar-refractivity contribution < 1.29 is 4.74 Å². The van der Waals surface area contributed by atoms with E-state index in [1.54, 1.807) is 6.20 Å². The van der Waals surface area contributed by atoms with Crippen molar-refractivity contribution in [2.24, 2.45) is 5.41 Å². The van der Waals surface area contributed by atoms with Gasteiger partial charge in [0.25, 0.3) is 0 Å². The molecule has 1 saturated carbocycles. The third-order valence-electron chi connectivity index (χ3n) is 5.68. The van der Waals surface area contributed by atoms with Crippen molar-refractivity contribution in [2.45, 2.75) is 58.2 Å². The Morgan fingerprint density at radius 3 is 2.67 bits per heavy atom. The van der Waals surface area contributed by atoms with Crippen molar-refractivity contribution in [3.8, 4) is 6.07 Å². The molecule has 1 aromatic rings. The van der Waals surface area contributed by atoms with Gasteiger partial charge in [-0.05, 0) is 38.3 Å². The maximum absolute atomic E-state index is 8.86. The van der Waals surface area contributed by atoms with Gasteiger partial charge in [0.15, 0.2) is 0 Å². The van der Waals surface area contributed by atoms with Crippen LogP contribution in [0.25, 0.3) is 0 Å². The smallest absolute Gasteiger partial charge is 0.128 e. The van der Waals surface area contributed by atoms with Gasteiger partial charge < -0.3 is 15.0 Å². The van der Waals surface area contributed by atoms with Gasteiger partial charge >= 0.3 is 0 Å². The summed E-state index contributed by atoms with van der Waals surface area (Å²) in [5, 5.41) is 12.7. The molecule has 0 radical (unpaired) electrons. The number of anilines is 1. The fourth-order valence-electron chi connectivity index (χ4n) is 3.85. The molecule has 3 rings (SSSR count). The van der Waals surface area contributed by atoms with Crippen LogP contribution in [0.4, 0.5) is 5.82 Å². The van der Waals surface area contributed by atoms with Crippen molar-refractivity contribution in [3.63, 3.8) is 0 Å². The first-order valence-electron chi connectivity index (χ1n) is 9.03. The SMILES string of the molecule is CCO[C@@H]1C[C@@H](NC2CCN(c3ccc(C#N)cn3)CC2)C1(C)C. The molecule has 24 heavy (non-hydrogen) atoms. The molecular formula is C19H28N4O. The molecule has 2 atom stereocenters. The van der Waals surface area contributed by atoms with Crippen molar-refractivity contribution in [2.75, 3.05) is 24.6 Å². The summed E-state index contributed by atoms with van der Waals surface area (Å²) in [7, 11) is 0. The number of pyridine rings is 1. The second kappa shape index (κ2) is 7.08. The molecule has 0 spiro atoms. The first-order valence-corrected chi connectivity index (χ1v) is 9.03. The van der Waals surface area contributed by atoms with Gasteiger partial charge in [0.05, 0.1) is 11.7 Å². The number of ether oxygens (including phenoxy) is 1. The molecule has 2 aliphatic rings. The van der Waals surface area contributed by atoms with Crippen LogP contribution in [-0.2, 0) is 4.74 Å². The predicted octanol–water partition coefficient (Wildman–Crippen LogP) is 2.72. The topological polar surface area (TPSA) is 61.2 Å². The second-order valence-electron chi connectivity index (χ2n) is 7.50. The van der Waals surface area contributed by atoms with E-state index >= 15 is 0 Å².